The smallest absolute Gasteiger partial charge is 0.193 e. The van der Waals surface area contributed by atoms with Crippen molar-refractivity contribution in [2.75, 3.05) is 5.32 Å². The Balaban J connectivity index is 0.00000208. The third-order valence-corrected chi connectivity index (χ3v) is 3.66. The molecule has 126 valence electrons. The van der Waals surface area contributed by atoms with Gasteiger partial charge < -0.3 is 16.0 Å². The first-order chi connectivity index (χ1) is 11.0. The molecule has 0 fully saturated rings. The minimum absolute atomic E-state index is 0. The number of rotatable bonds is 3. The number of anilines is 1. The highest BCUT2D eigenvalue weighted by Gasteiger charge is 2.04. The molecular weight excluding hydrogens is 413 g/mol. The quantitative estimate of drug-likeness (QED) is 0.330. The fraction of sp³-hybridized carbons (Fsp3) is 0.222. The van der Waals surface area contributed by atoms with Crippen molar-refractivity contribution in [3.05, 3.63) is 58.9 Å². The second kappa shape index (κ2) is 7.65. The van der Waals surface area contributed by atoms with Crippen molar-refractivity contribution in [2.45, 2.75) is 27.3 Å². The molecule has 0 aliphatic rings. The molecule has 0 amide bonds. The fourth-order valence-corrected chi connectivity index (χ4v) is 2.70. The number of nitrogens with zero attached hydrogens (tertiary/aromatic N) is 2. The summed E-state index contributed by atoms with van der Waals surface area (Å²) in [6.07, 6.45) is 0. The van der Waals surface area contributed by atoms with Gasteiger partial charge in [-0.2, -0.15) is 0 Å². The normalized spacial score (nSPS) is 11.4. The van der Waals surface area contributed by atoms with E-state index in [9.17, 15) is 0 Å². The molecule has 0 atom stereocenters. The highest BCUT2D eigenvalue weighted by Crippen LogP contribution is 2.16. The Labute approximate surface area is 158 Å². The summed E-state index contributed by atoms with van der Waals surface area (Å²) in [4.78, 5) is 12.2. The Morgan fingerprint density at radius 1 is 1.17 bits per heavy atom. The molecule has 1 aromatic heterocycles. The number of hydrogen-bond acceptors (Lipinski definition) is 2. The van der Waals surface area contributed by atoms with Gasteiger partial charge in [-0.3, -0.25) is 0 Å². The molecule has 24 heavy (non-hydrogen) atoms. The molecule has 2 aromatic carbocycles. The van der Waals surface area contributed by atoms with Gasteiger partial charge in [0.05, 0.1) is 11.0 Å². The Morgan fingerprint density at radius 3 is 2.54 bits per heavy atom. The number of aromatic amines is 1. The number of imidazole rings is 1. The first kappa shape index (κ1) is 18.3. The van der Waals surface area contributed by atoms with Gasteiger partial charge in [-0.1, -0.05) is 18.2 Å². The summed E-state index contributed by atoms with van der Waals surface area (Å²) < 4.78 is 0. The van der Waals surface area contributed by atoms with E-state index in [1.165, 1.54) is 11.1 Å². The van der Waals surface area contributed by atoms with Crippen LogP contribution in [0, 0.1) is 20.8 Å². The number of aromatic nitrogens is 2. The minimum atomic E-state index is 0. The first-order valence-electron chi connectivity index (χ1n) is 7.61. The first-order valence-corrected chi connectivity index (χ1v) is 7.61. The zero-order chi connectivity index (χ0) is 16.4. The standard InChI is InChI=1S/C18H21N5.HI/c1-11-7-12(2)9-14(8-11)21-18(19)20-10-16-22-15-6-4-5-13(3)17(15)23-16;/h4-9H,10H2,1-3H3,(H,22,23)(H3,19,20,21);1H. The largest absolute Gasteiger partial charge is 0.370 e. The molecule has 0 spiro atoms. The fourth-order valence-electron chi connectivity index (χ4n) is 2.70. The van der Waals surface area contributed by atoms with Gasteiger partial charge in [-0.15, -0.1) is 24.0 Å². The molecule has 5 nitrogen and oxygen atoms in total. The molecule has 1 heterocycles. The maximum Gasteiger partial charge on any atom is 0.193 e. The van der Waals surface area contributed by atoms with E-state index in [1.807, 2.05) is 37.3 Å². The van der Waals surface area contributed by atoms with Gasteiger partial charge in [0.25, 0.3) is 0 Å². The molecule has 0 bridgehead atoms. The number of nitrogens with two attached hydrogens (primary N) is 1. The average Bonchev–Trinajstić information content (AvgIpc) is 2.88. The number of aryl methyl sites for hydroxylation is 3. The predicted octanol–water partition coefficient (Wildman–Crippen LogP) is 4.03. The summed E-state index contributed by atoms with van der Waals surface area (Å²) in [5.41, 5.74) is 12.5. The highest BCUT2D eigenvalue weighted by atomic mass is 127. The molecule has 0 saturated heterocycles. The average molecular weight is 435 g/mol. The molecule has 3 rings (SSSR count). The van der Waals surface area contributed by atoms with E-state index >= 15 is 0 Å². The number of para-hydroxylation sites is 1. The van der Waals surface area contributed by atoms with Gasteiger partial charge in [0.15, 0.2) is 5.96 Å². The number of guanidine groups is 1. The molecule has 0 unspecified atom stereocenters. The van der Waals surface area contributed by atoms with Crippen molar-refractivity contribution >= 4 is 46.7 Å². The summed E-state index contributed by atoms with van der Waals surface area (Å²) in [7, 11) is 0. The lowest BCUT2D eigenvalue weighted by atomic mass is 10.1. The van der Waals surface area contributed by atoms with Crippen LogP contribution in [0.5, 0.6) is 0 Å². The molecule has 3 aromatic rings. The number of hydrogen-bond donors (Lipinski definition) is 3. The van der Waals surface area contributed by atoms with Crippen molar-refractivity contribution in [1.82, 2.24) is 9.97 Å². The molecular formula is C18H22IN5. The van der Waals surface area contributed by atoms with Crippen LogP contribution in [0.15, 0.2) is 41.4 Å². The lowest BCUT2D eigenvalue weighted by Crippen LogP contribution is -2.22. The van der Waals surface area contributed by atoms with Crippen LogP contribution in [0.3, 0.4) is 0 Å². The van der Waals surface area contributed by atoms with E-state index in [1.54, 1.807) is 0 Å². The number of halogens is 1. The van der Waals surface area contributed by atoms with Crippen LogP contribution in [-0.4, -0.2) is 15.9 Å². The van der Waals surface area contributed by atoms with Crippen LogP contribution in [0.4, 0.5) is 5.69 Å². The number of nitrogens with one attached hydrogen (secondary N) is 2. The van der Waals surface area contributed by atoms with E-state index in [0.29, 0.717) is 12.5 Å². The van der Waals surface area contributed by atoms with Gasteiger partial charge in [-0.25, -0.2) is 9.98 Å². The lowest BCUT2D eigenvalue weighted by molar-refractivity contribution is 0.954. The molecule has 0 radical (unpaired) electrons. The van der Waals surface area contributed by atoms with Gasteiger partial charge in [0.1, 0.15) is 12.4 Å². The van der Waals surface area contributed by atoms with Crippen molar-refractivity contribution < 1.29 is 0 Å². The Bertz CT molecular complexity index is 862. The molecule has 6 heteroatoms. The topological polar surface area (TPSA) is 79.1 Å². The Morgan fingerprint density at radius 2 is 1.88 bits per heavy atom. The van der Waals surface area contributed by atoms with Crippen molar-refractivity contribution in [3.8, 4) is 0 Å². The number of benzene rings is 2. The third-order valence-electron chi connectivity index (χ3n) is 3.66. The van der Waals surface area contributed by atoms with E-state index in [4.69, 9.17) is 5.73 Å². The second-order valence-electron chi connectivity index (χ2n) is 5.86. The summed E-state index contributed by atoms with van der Waals surface area (Å²) >= 11 is 0. The van der Waals surface area contributed by atoms with Crippen LogP contribution in [0.25, 0.3) is 11.0 Å². The molecule has 0 aliphatic heterocycles. The van der Waals surface area contributed by atoms with Gasteiger partial charge >= 0.3 is 0 Å². The molecule has 4 N–H and O–H groups in total. The summed E-state index contributed by atoms with van der Waals surface area (Å²) in [5.74, 6) is 1.19. The maximum atomic E-state index is 5.98. The minimum Gasteiger partial charge on any atom is -0.370 e. The van der Waals surface area contributed by atoms with Gasteiger partial charge in [0.2, 0.25) is 0 Å². The summed E-state index contributed by atoms with van der Waals surface area (Å²) in [5, 5.41) is 3.13. The molecule has 0 aliphatic carbocycles. The van der Waals surface area contributed by atoms with E-state index in [2.05, 4.69) is 40.2 Å². The molecule has 0 saturated carbocycles. The van der Waals surface area contributed by atoms with Crippen LogP contribution in [0.2, 0.25) is 0 Å². The maximum absolute atomic E-state index is 5.98. The van der Waals surface area contributed by atoms with E-state index < -0.39 is 0 Å². The van der Waals surface area contributed by atoms with Crippen LogP contribution >= 0.6 is 24.0 Å². The van der Waals surface area contributed by atoms with Crippen molar-refractivity contribution in [2.24, 2.45) is 10.7 Å². The predicted molar refractivity (Wildman–Crippen MR) is 111 cm³/mol. The van der Waals surface area contributed by atoms with Crippen molar-refractivity contribution in [1.29, 1.82) is 0 Å². The van der Waals surface area contributed by atoms with Gasteiger partial charge in [0, 0.05) is 5.69 Å². The van der Waals surface area contributed by atoms with Gasteiger partial charge in [-0.05, 0) is 55.7 Å². The van der Waals surface area contributed by atoms with Crippen molar-refractivity contribution in [3.63, 3.8) is 0 Å². The third kappa shape index (κ3) is 4.25. The SMILES string of the molecule is Cc1cc(C)cc(NC(N)=NCc2nc3c(C)cccc3[nH]2)c1.I. The lowest BCUT2D eigenvalue weighted by Gasteiger charge is -2.07. The monoisotopic (exact) mass is 435 g/mol. The highest BCUT2D eigenvalue weighted by molar-refractivity contribution is 14.0. The zero-order valence-corrected chi connectivity index (χ0v) is 16.4. The summed E-state index contributed by atoms with van der Waals surface area (Å²) in [6, 6.07) is 12.3. The van der Waals surface area contributed by atoms with Crippen LogP contribution in [-0.2, 0) is 6.54 Å². The second-order valence-corrected chi connectivity index (χ2v) is 5.86. The van der Waals surface area contributed by atoms with Crippen LogP contribution < -0.4 is 11.1 Å². The zero-order valence-electron chi connectivity index (χ0n) is 14.1. The van der Waals surface area contributed by atoms with E-state index in [0.717, 1.165) is 28.1 Å². The van der Waals surface area contributed by atoms with Crippen LogP contribution in [0.1, 0.15) is 22.5 Å². The summed E-state index contributed by atoms with van der Waals surface area (Å²) in [6.45, 7) is 6.58. The Hall–Kier alpha value is -2.09. The number of H-pyrrole nitrogens is 1. The van der Waals surface area contributed by atoms with E-state index in [-0.39, 0.29) is 24.0 Å². The number of fused-ring (bicyclic) bond motifs is 1. The Kier molecular flexibility index (Phi) is 5.82. The number of aliphatic imine (C=N–C) groups is 1.